The highest BCUT2D eigenvalue weighted by Crippen LogP contribution is 2.49. The van der Waals surface area contributed by atoms with Gasteiger partial charge in [-0.2, -0.15) is 0 Å². The van der Waals surface area contributed by atoms with Crippen molar-refractivity contribution >= 4 is 0 Å². The van der Waals surface area contributed by atoms with Gasteiger partial charge in [-0.25, -0.2) is 0 Å². The van der Waals surface area contributed by atoms with Crippen LogP contribution in [0.15, 0.2) is 18.2 Å². The van der Waals surface area contributed by atoms with Crippen LogP contribution in [-0.4, -0.2) is 11.7 Å². The summed E-state index contributed by atoms with van der Waals surface area (Å²) < 4.78 is 5.80. The maximum Gasteiger partial charge on any atom is 0.128 e. The smallest absolute Gasteiger partial charge is 0.128 e. The van der Waals surface area contributed by atoms with Crippen molar-refractivity contribution in [2.45, 2.75) is 64.9 Å². The van der Waals surface area contributed by atoms with Crippen LogP contribution in [0.4, 0.5) is 0 Å². The van der Waals surface area contributed by atoms with Crippen LogP contribution in [0.5, 0.6) is 5.75 Å². The van der Waals surface area contributed by atoms with E-state index in [1.165, 1.54) is 12.0 Å². The largest absolute Gasteiger partial charge is 0.493 e. The molecule has 1 aliphatic heterocycles. The van der Waals surface area contributed by atoms with Gasteiger partial charge in [0.1, 0.15) is 5.75 Å². The minimum atomic E-state index is -0.685. The summed E-state index contributed by atoms with van der Waals surface area (Å²) in [7, 11) is 0. The first-order valence-corrected chi connectivity index (χ1v) is 8.44. The van der Waals surface area contributed by atoms with Crippen LogP contribution in [-0.2, 0) is 12.0 Å². The molecule has 1 aromatic carbocycles. The third kappa shape index (κ3) is 2.59. The molecule has 116 valence electrons. The average Bonchev–Trinajstić information content (AvgIpc) is 2.96. The maximum atomic E-state index is 11.2. The molecule has 0 spiro atoms. The quantitative estimate of drug-likeness (QED) is 0.891. The first kappa shape index (κ1) is 14.9. The normalized spacial score (nSPS) is 29.0. The molecule has 2 heteroatoms. The molecule has 2 aliphatic rings. The van der Waals surface area contributed by atoms with Crippen LogP contribution in [0.25, 0.3) is 0 Å². The molecule has 0 unspecified atom stereocenters. The van der Waals surface area contributed by atoms with E-state index < -0.39 is 5.60 Å². The van der Waals surface area contributed by atoms with Gasteiger partial charge in [-0.05, 0) is 42.6 Å². The summed E-state index contributed by atoms with van der Waals surface area (Å²) in [5.74, 6) is 1.69. The number of benzene rings is 1. The molecule has 1 N–H and O–H groups in total. The third-order valence-electron chi connectivity index (χ3n) is 6.04. The van der Waals surface area contributed by atoms with Crippen molar-refractivity contribution in [2.75, 3.05) is 6.61 Å². The van der Waals surface area contributed by atoms with Crippen molar-refractivity contribution in [1.82, 2.24) is 0 Å². The van der Waals surface area contributed by atoms with Crippen molar-refractivity contribution in [1.29, 1.82) is 0 Å². The number of fused-ring (bicyclic) bond motifs is 1. The minimum absolute atomic E-state index is 0.385. The van der Waals surface area contributed by atoms with E-state index in [0.717, 1.165) is 55.9 Å². The lowest BCUT2D eigenvalue weighted by molar-refractivity contribution is -0.0342. The van der Waals surface area contributed by atoms with Crippen molar-refractivity contribution in [3.63, 3.8) is 0 Å². The minimum Gasteiger partial charge on any atom is -0.493 e. The fourth-order valence-electron chi connectivity index (χ4n) is 4.02. The molecule has 0 saturated heterocycles. The van der Waals surface area contributed by atoms with Crippen LogP contribution in [0.2, 0.25) is 0 Å². The van der Waals surface area contributed by atoms with Gasteiger partial charge in [0.2, 0.25) is 0 Å². The maximum absolute atomic E-state index is 11.2. The number of ether oxygens (including phenoxy) is 1. The monoisotopic (exact) mass is 288 g/mol. The van der Waals surface area contributed by atoms with Crippen molar-refractivity contribution in [2.24, 2.45) is 11.3 Å². The Hall–Kier alpha value is -1.02. The summed E-state index contributed by atoms with van der Waals surface area (Å²) in [5.41, 5.74) is 1.99. The lowest BCUT2D eigenvalue weighted by atomic mass is 9.65. The number of para-hydroxylation sites is 1. The molecule has 0 atom stereocenters. The van der Waals surface area contributed by atoms with Gasteiger partial charge in [-0.1, -0.05) is 45.4 Å². The van der Waals surface area contributed by atoms with Crippen molar-refractivity contribution < 1.29 is 9.84 Å². The topological polar surface area (TPSA) is 29.5 Å². The standard InChI is InChI=1S/C19H28O2/c1-4-18(2,3)15-8-11-19(20,12-9-15)16-7-5-6-14-10-13-21-17(14)16/h5-7,15,20H,4,8-13H2,1-3H3. The highest BCUT2D eigenvalue weighted by Gasteiger charge is 2.41. The molecule has 1 saturated carbocycles. The predicted molar refractivity (Wildman–Crippen MR) is 85.6 cm³/mol. The van der Waals surface area contributed by atoms with Gasteiger partial charge < -0.3 is 9.84 Å². The van der Waals surface area contributed by atoms with Crippen LogP contribution in [0.1, 0.15) is 64.0 Å². The molecular formula is C19H28O2. The molecule has 0 bridgehead atoms. The van der Waals surface area contributed by atoms with Gasteiger partial charge in [0.15, 0.2) is 0 Å². The molecule has 2 nitrogen and oxygen atoms in total. The van der Waals surface area contributed by atoms with Crippen LogP contribution >= 0.6 is 0 Å². The summed E-state index contributed by atoms with van der Waals surface area (Å²) in [4.78, 5) is 0. The Balaban J connectivity index is 1.80. The Morgan fingerprint density at radius 2 is 2.00 bits per heavy atom. The van der Waals surface area contributed by atoms with E-state index in [9.17, 15) is 5.11 Å². The summed E-state index contributed by atoms with van der Waals surface area (Å²) in [6, 6.07) is 6.26. The second-order valence-electron chi connectivity index (χ2n) is 7.54. The number of hydrogen-bond donors (Lipinski definition) is 1. The highest BCUT2D eigenvalue weighted by atomic mass is 16.5. The summed E-state index contributed by atoms with van der Waals surface area (Å²) in [6.45, 7) is 7.77. The van der Waals surface area contributed by atoms with E-state index in [-0.39, 0.29) is 0 Å². The molecule has 1 aromatic rings. The molecule has 1 heterocycles. The van der Waals surface area contributed by atoms with Gasteiger partial charge in [0, 0.05) is 12.0 Å². The summed E-state index contributed by atoms with van der Waals surface area (Å²) >= 11 is 0. The molecular weight excluding hydrogens is 260 g/mol. The van der Waals surface area contributed by atoms with E-state index in [2.05, 4.69) is 39.0 Å². The zero-order valence-corrected chi connectivity index (χ0v) is 13.6. The Bertz CT molecular complexity index is 510. The number of aliphatic hydroxyl groups is 1. The second-order valence-corrected chi connectivity index (χ2v) is 7.54. The van der Waals surface area contributed by atoms with E-state index in [1.54, 1.807) is 0 Å². The predicted octanol–water partition coefficient (Wildman–Crippen LogP) is 4.44. The lowest BCUT2D eigenvalue weighted by Gasteiger charge is -2.43. The molecule has 21 heavy (non-hydrogen) atoms. The second kappa shape index (κ2) is 5.31. The van der Waals surface area contributed by atoms with Crippen LogP contribution in [0.3, 0.4) is 0 Å². The Labute approximate surface area is 128 Å². The van der Waals surface area contributed by atoms with Gasteiger partial charge in [-0.3, -0.25) is 0 Å². The van der Waals surface area contributed by atoms with Crippen molar-refractivity contribution in [3.8, 4) is 5.75 Å². The Kier molecular flexibility index (Phi) is 3.77. The third-order valence-corrected chi connectivity index (χ3v) is 6.04. The molecule has 0 aromatic heterocycles. The van der Waals surface area contributed by atoms with Gasteiger partial charge in [0.25, 0.3) is 0 Å². The summed E-state index contributed by atoms with van der Waals surface area (Å²) in [6.07, 6.45) is 6.13. The molecule has 1 fully saturated rings. The van der Waals surface area contributed by atoms with E-state index >= 15 is 0 Å². The fourth-order valence-corrected chi connectivity index (χ4v) is 4.02. The first-order valence-electron chi connectivity index (χ1n) is 8.44. The van der Waals surface area contributed by atoms with Crippen LogP contribution < -0.4 is 4.74 Å². The lowest BCUT2D eigenvalue weighted by Crippen LogP contribution is -2.36. The van der Waals surface area contributed by atoms with Gasteiger partial charge in [0.05, 0.1) is 12.2 Å². The number of hydrogen-bond acceptors (Lipinski definition) is 2. The molecule has 0 amide bonds. The Morgan fingerprint density at radius 3 is 2.67 bits per heavy atom. The molecule has 0 radical (unpaired) electrons. The highest BCUT2D eigenvalue weighted by molar-refractivity contribution is 5.47. The van der Waals surface area contributed by atoms with E-state index in [4.69, 9.17) is 4.74 Å². The summed E-state index contributed by atoms with van der Waals surface area (Å²) in [5, 5.41) is 11.2. The van der Waals surface area contributed by atoms with Crippen LogP contribution in [0, 0.1) is 11.3 Å². The van der Waals surface area contributed by atoms with Crippen molar-refractivity contribution in [3.05, 3.63) is 29.3 Å². The van der Waals surface area contributed by atoms with Gasteiger partial charge in [-0.15, -0.1) is 0 Å². The fraction of sp³-hybridized carbons (Fsp3) is 0.684. The van der Waals surface area contributed by atoms with E-state index in [0.29, 0.717) is 5.41 Å². The molecule has 3 rings (SSSR count). The zero-order chi connectivity index (χ0) is 15.1. The average molecular weight is 288 g/mol. The Morgan fingerprint density at radius 1 is 1.29 bits per heavy atom. The zero-order valence-electron chi connectivity index (χ0n) is 13.6. The first-order chi connectivity index (χ1) is 9.96. The van der Waals surface area contributed by atoms with Gasteiger partial charge >= 0.3 is 0 Å². The molecule has 1 aliphatic carbocycles. The SMILES string of the molecule is CCC(C)(C)C1CCC(O)(c2cccc3c2OCC3)CC1. The van der Waals surface area contributed by atoms with E-state index in [1.807, 2.05) is 0 Å². The number of rotatable bonds is 3.